The van der Waals surface area contributed by atoms with Crippen molar-refractivity contribution in [3.05, 3.63) is 23.8 Å². The van der Waals surface area contributed by atoms with Crippen molar-refractivity contribution >= 4 is 22.9 Å². The normalized spacial score (nSPS) is 10.2. The molecule has 0 saturated heterocycles. The number of rotatable bonds is 7. The summed E-state index contributed by atoms with van der Waals surface area (Å²) in [5.41, 5.74) is 7.61. The highest BCUT2D eigenvalue weighted by Crippen LogP contribution is 2.26. The standard InChI is InChI=1S/C13H20N2O2S/c1-4-15(7-8-16-2)12-9-10(17-3)5-6-11(12)13(14)18/h5-6,9H,4,7-8H2,1-3H3,(H2,14,18). The van der Waals surface area contributed by atoms with Crippen molar-refractivity contribution in [2.45, 2.75) is 6.92 Å². The van der Waals surface area contributed by atoms with Crippen molar-refractivity contribution in [2.75, 3.05) is 38.8 Å². The molecule has 18 heavy (non-hydrogen) atoms. The number of nitrogens with zero attached hydrogens (tertiary/aromatic N) is 1. The molecule has 0 atom stereocenters. The lowest BCUT2D eigenvalue weighted by molar-refractivity contribution is 0.205. The number of hydrogen-bond donors (Lipinski definition) is 1. The first kappa shape index (κ1) is 14.7. The quantitative estimate of drug-likeness (QED) is 0.764. The van der Waals surface area contributed by atoms with Crippen LogP contribution in [0.4, 0.5) is 5.69 Å². The van der Waals surface area contributed by atoms with E-state index in [9.17, 15) is 0 Å². The summed E-state index contributed by atoms with van der Waals surface area (Å²) in [5.74, 6) is 0.792. The zero-order chi connectivity index (χ0) is 13.5. The van der Waals surface area contributed by atoms with Crippen molar-refractivity contribution in [2.24, 2.45) is 5.73 Å². The molecule has 0 spiro atoms. The molecule has 4 nitrogen and oxygen atoms in total. The van der Waals surface area contributed by atoms with Crippen molar-refractivity contribution < 1.29 is 9.47 Å². The summed E-state index contributed by atoms with van der Waals surface area (Å²) < 4.78 is 10.4. The molecule has 1 rings (SSSR count). The minimum absolute atomic E-state index is 0.392. The summed E-state index contributed by atoms with van der Waals surface area (Å²) in [7, 11) is 3.33. The fourth-order valence-electron chi connectivity index (χ4n) is 1.76. The Balaban J connectivity index is 3.11. The fourth-order valence-corrected chi connectivity index (χ4v) is 1.93. The molecule has 1 aromatic carbocycles. The number of ether oxygens (including phenoxy) is 2. The van der Waals surface area contributed by atoms with E-state index in [1.54, 1.807) is 14.2 Å². The summed E-state index contributed by atoms with van der Waals surface area (Å²) in [6, 6.07) is 5.71. The Kier molecular flexibility index (Phi) is 5.88. The summed E-state index contributed by atoms with van der Waals surface area (Å²) in [5, 5.41) is 0. The number of likely N-dealkylation sites (N-methyl/N-ethyl adjacent to an activating group) is 1. The number of methoxy groups -OCH3 is 2. The average molecular weight is 268 g/mol. The second-order valence-corrected chi connectivity index (χ2v) is 4.26. The first-order valence-corrected chi connectivity index (χ1v) is 6.26. The first-order chi connectivity index (χ1) is 8.63. The zero-order valence-corrected chi connectivity index (χ0v) is 11.9. The van der Waals surface area contributed by atoms with Crippen LogP contribution in [-0.4, -0.2) is 38.9 Å². The van der Waals surface area contributed by atoms with E-state index >= 15 is 0 Å². The summed E-state index contributed by atoms with van der Waals surface area (Å²) in [4.78, 5) is 2.56. The van der Waals surface area contributed by atoms with Crippen molar-refractivity contribution in [3.8, 4) is 5.75 Å². The van der Waals surface area contributed by atoms with E-state index in [-0.39, 0.29) is 0 Å². The van der Waals surface area contributed by atoms with Crippen molar-refractivity contribution in [3.63, 3.8) is 0 Å². The Morgan fingerprint density at radius 2 is 2.11 bits per heavy atom. The highest BCUT2D eigenvalue weighted by molar-refractivity contribution is 7.80. The zero-order valence-electron chi connectivity index (χ0n) is 11.1. The van der Waals surface area contributed by atoms with Gasteiger partial charge >= 0.3 is 0 Å². The van der Waals surface area contributed by atoms with E-state index in [2.05, 4.69) is 11.8 Å². The molecule has 0 amide bonds. The van der Waals surface area contributed by atoms with Gasteiger partial charge < -0.3 is 20.1 Å². The maximum Gasteiger partial charge on any atom is 0.120 e. The van der Waals surface area contributed by atoms with Crippen LogP contribution in [0.5, 0.6) is 5.75 Å². The van der Waals surface area contributed by atoms with E-state index in [1.807, 2.05) is 18.2 Å². The summed E-state index contributed by atoms with van der Waals surface area (Å²) >= 11 is 5.09. The first-order valence-electron chi connectivity index (χ1n) is 5.85. The van der Waals surface area contributed by atoms with Gasteiger partial charge in [-0.2, -0.15) is 0 Å². The largest absolute Gasteiger partial charge is 0.497 e. The lowest BCUT2D eigenvalue weighted by Crippen LogP contribution is -2.29. The van der Waals surface area contributed by atoms with Crippen LogP contribution < -0.4 is 15.4 Å². The number of thiocarbonyl (C=S) groups is 1. The smallest absolute Gasteiger partial charge is 0.120 e. The van der Waals surface area contributed by atoms with Crippen LogP contribution in [0.3, 0.4) is 0 Å². The molecule has 2 N–H and O–H groups in total. The van der Waals surface area contributed by atoms with E-state index in [0.29, 0.717) is 11.6 Å². The predicted octanol–water partition coefficient (Wildman–Crippen LogP) is 1.80. The molecule has 0 saturated carbocycles. The molecule has 5 heteroatoms. The van der Waals surface area contributed by atoms with E-state index in [0.717, 1.165) is 30.1 Å². The molecule has 0 aromatic heterocycles. The molecular formula is C13H20N2O2S. The van der Waals surface area contributed by atoms with Gasteiger partial charge in [-0.15, -0.1) is 0 Å². The van der Waals surface area contributed by atoms with E-state index < -0.39 is 0 Å². The van der Waals surface area contributed by atoms with Gasteiger partial charge in [-0.3, -0.25) is 0 Å². The van der Waals surface area contributed by atoms with Gasteiger partial charge in [-0.05, 0) is 19.1 Å². The third-order valence-electron chi connectivity index (χ3n) is 2.76. The summed E-state index contributed by atoms with van der Waals surface area (Å²) in [6.45, 7) is 4.38. The number of nitrogens with two attached hydrogens (primary N) is 1. The lowest BCUT2D eigenvalue weighted by atomic mass is 10.1. The van der Waals surface area contributed by atoms with Gasteiger partial charge in [0.25, 0.3) is 0 Å². The second kappa shape index (κ2) is 7.18. The topological polar surface area (TPSA) is 47.7 Å². The molecule has 100 valence electrons. The predicted molar refractivity (Wildman–Crippen MR) is 78.6 cm³/mol. The van der Waals surface area contributed by atoms with Crippen LogP contribution in [0.1, 0.15) is 12.5 Å². The molecule has 0 aliphatic heterocycles. The van der Waals surface area contributed by atoms with Gasteiger partial charge in [0.05, 0.1) is 19.4 Å². The second-order valence-electron chi connectivity index (χ2n) is 3.82. The molecule has 0 bridgehead atoms. The molecule has 0 fully saturated rings. The van der Waals surface area contributed by atoms with Crippen LogP contribution in [0.2, 0.25) is 0 Å². The molecule has 0 heterocycles. The van der Waals surface area contributed by atoms with Gasteiger partial charge in [0.15, 0.2) is 0 Å². The molecular weight excluding hydrogens is 248 g/mol. The monoisotopic (exact) mass is 268 g/mol. The van der Waals surface area contributed by atoms with E-state index in [1.165, 1.54) is 0 Å². The summed E-state index contributed by atoms with van der Waals surface area (Å²) in [6.07, 6.45) is 0. The molecule has 1 aromatic rings. The van der Waals surface area contributed by atoms with Gasteiger partial charge in [0.2, 0.25) is 0 Å². The number of benzene rings is 1. The van der Waals surface area contributed by atoms with Crippen LogP contribution in [-0.2, 0) is 4.74 Å². The third kappa shape index (κ3) is 3.58. The molecule has 0 aliphatic carbocycles. The highest BCUT2D eigenvalue weighted by Gasteiger charge is 2.12. The molecule has 0 unspecified atom stereocenters. The highest BCUT2D eigenvalue weighted by atomic mass is 32.1. The number of anilines is 1. The van der Waals surface area contributed by atoms with Gasteiger partial charge in [0.1, 0.15) is 10.7 Å². The van der Waals surface area contributed by atoms with Crippen LogP contribution >= 0.6 is 12.2 Å². The van der Waals surface area contributed by atoms with Crippen LogP contribution in [0, 0.1) is 0 Å². The maximum atomic E-state index is 5.76. The number of hydrogen-bond acceptors (Lipinski definition) is 4. The van der Waals surface area contributed by atoms with Crippen LogP contribution in [0.15, 0.2) is 18.2 Å². The molecule has 0 aliphatic rings. The molecule has 0 radical (unpaired) electrons. The minimum Gasteiger partial charge on any atom is -0.497 e. The Morgan fingerprint density at radius 1 is 1.39 bits per heavy atom. The fraction of sp³-hybridized carbons (Fsp3) is 0.462. The van der Waals surface area contributed by atoms with E-state index in [4.69, 9.17) is 27.4 Å². The van der Waals surface area contributed by atoms with Gasteiger partial charge in [-0.25, -0.2) is 0 Å². The van der Waals surface area contributed by atoms with Gasteiger partial charge in [0, 0.05) is 31.8 Å². The van der Waals surface area contributed by atoms with Crippen molar-refractivity contribution in [1.82, 2.24) is 0 Å². The van der Waals surface area contributed by atoms with Gasteiger partial charge in [-0.1, -0.05) is 12.2 Å². The Hall–Kier alpha value is -1.33. The van der Waals surface area contributed by atoms with Crippen LogP contribution in [0.25, 0.3) is 0 Å². The lowest BCUT2D eigenvalue weighted by Gasteiger charge is -2.25. The maximum absolute atomic E-state index is 5.76. The third-order valence-corrected chi connectivity index (χ3v) is 2.98. The SMILES string of the molecule is CCN(CCOC)c1cc(OC)ccc1C(N)=S. The Labute approximate surface area is 114 Å². The Bertz CT molecular complexity index is 410. The van der Waals surface area contributed by atoms with Crippen molar-refractivity contribution in [1.29, 1.82) is 0 Å². The Morgan fingerprint density at radius 3 is 2.61 bits per heavy atom. The minimum atomic E-state index is 0.392. The average Bonchev–Trinajstić information content (AvgIpc) is 2.39.